The number of amides is 2. The third kappa shape index (κ3) is 4.46. The smallest absolute Gasteiger partial charge is 0.319 e. The van der Waals surface area contributed by atoms with Gasteiger partial charge in [-0.1, -0.05) is 0 Å². The molecule has 1 unspecified atom stereocenters. The zero-order valence-electron chi connectivity index (χ0n) is 8.19. The molecule has 0 fully saturated rings. The van der Waals surface area contributed by atoms with Crippen molar-refractivity contribution < 1.29 is 14.7 Å². The molecule has 82 valence electrons. The van der Waals surface area contributed by atoms with Crippen LogP contribution in [0.4, 0.5) is 10.5 Å². The van der Waals surface area contributed by atoms with Gasteiger partial charge in [0, 0.05) is 11.4 Å². The molecule has 1 rings (SSSR count). The van der Waals surface area contributed by atoms with E-state index in [1.54, 1.807) is 18.4 Å². The molecule has 0 radical (unpaired) electrons. The van der Waals surface area contributed by atoms with E-state index in [1.165, 1.54) is 11.3 Å². The second kappa shape index (κ2) is 5.35. The standard InChI is InChI=1S/C9H12N2O3S/c1-6(4-8(12)13)10-9(14)11-7-2-3-15-5-7/h2-3,5-6H,4H2,1H3,(H,12,13)(H2,10,11,14). The molecule has 6 heteroatoms. The Morgan fingerprint density at radius 3 is 2.87 bits per heavy atom. The summed E-state index contributed by atoms with van der Waals surface area (Å²) in [7, 11) is 0. The first-order chi connectivity index (χ1) is 7.08. The van der Waals surface area contributed by atoms with Gasteiger partial charge in [0.05, 0.1) is 12.1 Å². The number of aliphatic carboxylic acids is 1. The molecule has 2 amide bonds. The number of nitrogens with one attached hydrogen (secondary N) is 2. The van der Waals surface area contributed by atoms with Gasteiger partial charge < -0.3 is 15.7 Å². The van der Waals surface area contributed by atoms with Gasteiger partial charge in [0.2, 0.25) is 0 Å². The lowest BCUT2D eigenvalue weighted by atomic mass is 10.2. The molecule has 1 atom stereocenters. The van der Waals surface area contributed by atoms with Gasteiger partial charge in [-0.25, -0.2) is 4.79 Å². The Morgan fingerprint density at radius 1 is 1.60 bits per heavy atom. The third-order valence-corrected chi connectivity index (χ3v) is 2.32. The second-order valence-electron chi connectivity index (χ2n) is 3.11. The van der Waals surface area contributed by atoms with Crippen molar-refractivity contribution in [1.29, 1.82) is 0 Å². The summed E-state index contributed by atoms with van der Waals surface area (Å²) in [6.45, 7) is 1.64. The molecule has 0 saturated carbocycles. The fourth-order valence-electron chi connectivity index (χ4n) is 1.04. The summed E-state index contributed by atoms with van der Waals surface area (Å²) in [6, 6.07) is 0.995. The summed E-state index contributed by atoms with van der Waals surface area (Å²) in [5.41, 5.74) is 0.708. The van der Waals surface area contributed by atoms with E-state index in [9.17, 15) is 9.59 Å². The molecule has 0 saturated heterocycles. The van der Waals surface area contributed by atoms with Crippen molar-refractivity contribution in [3.05, 3.63) is 16.8 Å². The summed E-state index contributed by atoms with van der Waals surface area (Å²) in [5.74, 6) is -0.932. The van der Waals surface area contributed by atoms with E-state index in [-0.39, 0.29) is 18.5 Å². The van der Waals surface area contributed by atoms with Crippen molar-refractivity contribution in [2.24, 2.45) is 0 Å². The molecule has 0 aliphatic carbocycles. The van der Waals surface area contributed by atoms with Crippen molar-refractivity contribution in [1.82, 2.24) is 5.32 Å². The van der Waals surface area contributed by atoms with E-state index in [4.69, 9.17) is 5.11 Å². The van der Waals surface area contributed by atoms with E-state index in [1.807, 2.05) is 5.38 Å². The van der Waals surface area contributed by atoms with Crippen molar-refractivity contribution in [2.75, 3.05) is 5.32 Å². The number of carbonyl (C=O) groups is 2. The number of rotatable bonds is 4. The minimum Gasteiger partial charge on any atom is -0.481 e. The summed E-state index contributed by atoms with van der Waals surface area (Å²) in [5, 5.41) is 17.2. The van der Waals surface area contributed by atoms with Gasteiger partial charge in [-0.15, -0.1) is 0 Å². The average molecular weight is 228 g/mol. The molecule has 0 bridgehead atoms. The highest BCUT2D eigenvalue weighted by molar-refractivity contribution is 7.08. The van der Waals surface area contributed by atoms with Crippen LogP contribution in [-0.4, -0.2) is 23.1 Å². The number of anilines is 1. The average Bonchev–Trinajstić information content (AvgIpc) is 2.53. The van der Waals surface area contributed by atoms with Gasteiger partial charge in [-0.2, -0.15) is 11.3 Å². The summed E-state index contributed by atoms with van der Waals surface area (Å²) >= 11 is 1.47. The number of hydrogen-bond donors (Lipinski definition) is 3. The SMILES string of the molecule is CC(CC(=O)O)NC(=O)Nc1ccsc1. The van der Waals surface area contributed by atoms with Gasteiger partial charge in [-0.05, 0) is 18.4 Å². The summed E-state index contributed by atoms with van der Waals surface area (Å²) in [6.07, 6.45) is -0.0863. The Hall–Kier alpha value is -1.56. The molecular formula is C9H12N2O3S. The molecule has 0 aliphatic rings. The third-order valence-electron chi connectivity index (χ3n) is 1.64. The number of urea groups is 1. The number of carbonyl (C=O) groups excluding carboxylic acids is 1. The van der Waals surface area contributed by atoms with Gasteiger partial charge in [0.25, 0.3) is 0 Å². The predicted octanol–water partition coefficient (Wildman–Crippen LogP) is 1.73. The van der Waals surface area contributed by atoms with Crippen LogP contribution in [0.3, 0.4) is 0 Å². The highest BCUT2D eigenvalue weighted by Gasteiger charge is 2.10. The van der Waals surface area contributed by atoms with Crippen LogP contribution in [0.25, 0.3) is 0 Å². The molecule has 1 heterocycles. The lowest BCUT2D eigenvalue weighted by Gasteiger charge is -2.11. The molecule has 0 aliphatic heterocycles. The Bertz CT molecular complexity index is 337. The maximum atomic E-state index is 11.3. The highest BCUT2D eigenvalue weighted by atomic mass is 32.1. The van der Waals surface area contributed by atoms with Crippen LogP contribution in [0.2, 0.25) is 0 Å². The van der Waals surface area contributed by atoms with Crippen LogP contribution in [-0.2, 0) is 4.79 Å². The molecule has 0 spiro atoms. The van der Waals surface area contributed by atoms with Crippen LogP contribution in [0, 0.1) is 0 Å². The van der Waals surface area contributed by atoms with E-state index in [0.717, 1.165) is 0 Å². The van der Waals surface area contributed by atoms with E-state index in [0.29, 0.717) is 5.69 Å². The monoisotopic (exact) mass is 228 g/mol. The van der Waals surface area contributed by atoms with Gasteiger partial charge in [0.1, 0.15) is 0 Å². The van der Waals surface area contributed by atoms with Gasteiger partial charge in [0.15, 0.2) is 0 Å². The van der Waals surface area contributed by atoms with Crippen LogP contribution >= 0.6 is 11.3 Å². The molecule has 15 heavy (non-hydrogen) atoms. The molecule has 1 aromatic heterocycles. The summed E-state index contributed by atoms with van der Waals surface area (Å²) < 4.78 is 0. The van der Waals surface area contributed by atoms with Crippen molar-refractivity contribution in [2.45, 2.75) is 19.4 Å². The molecule has 5 nitrogen and oxygen atoms in total. The number of thiophene rings is 1. The second-order valence-corrected chi connectivity index (χ2v) is 3.89. The van der Waals surface area contributed by atoms with Crippen LogP contribution in [0.1, 0.15) is 13.3 Å². The first-order valence-electron chi connectivity index (χ1n) is 4.39. The number of hydrogen-bond acceptors (Lipinski definition) is 3. The number of carboxylic acids is 1. The minimum atomic E-state index is -0.932. The lowest BCUT2D eigenvalue weighted by molar-refractivity contribution is -0.137. The van der Waals surface area contributed by atoms with Crippen LogP contribution in [0.5, 0.6) is 0 Å². The normalized spacial score (nSPS) is 11.8. The van der Waals surface area contributed by atoms with Gasteiger partial charge >= 0.3 is 12.0 Å². The zero-order chi connectivity index (χ0) is 11.3. The molecule has 3 N–H and O–H groups in total. The maximum Gasteiger partial charge on any atom is 0.319 e. The lowest BCUT2D eigenvalue weighted by Crippen LogP contribution is -2.37. The predicted molar refractivity (Wildman–Crippen MR) is 58.2 cm³/mol. The minimum absolute atomic E-state index is 0.0863. The highest BCUT2D eigenvalue weighted by Crippen LogP contribution is 2.11. The van der Waals surface area contributed by atoms with E-state index >= 15 is 0 Å². The van der Waals surface area contributed by atoms with E-state index in [2.05, 4.69) is 10.6 Å². The Morgan fingerprint density at radius 2 is 2.33 bits per heavy atom. The zero-order valence-corrected chi connectivity index (χ0v) is 9.00. The Labute approximate surface area is 91.1 Å². The molecule has 1 aromatic rings. The van der Waals surface area contributed by atoms with Crippen LogP contribution in [0.15, 0.2) is 16.8 Å². The maximum absolute atomic E-state index is 11.3. The fourth-order valence-corrected chi connectivity index (χ4v) is 1.63. The number of carboxylic acid groups (broad SMARTS) is 1. The Kier molecular flexibility index (Phi) is 4.11. The van der Waals surface area contributed by atoms with Crippen molar-refractivity contribution in [3.8, 4) is 0 Å². The molecular weight excluding hydrogens is 216 g/mol. The first-order valence-corrected chi connectivity index (χ1v) is 5.33. The largest absolute Gasteiger partial charge is 0.481 e. The molecule has 0 aromatic carbocycles. The first kappa shape index (κ1) is 11.5. The Balaban J connectivity index is 2.33. The quantitative estimate of drug-likeness (QED) is 0.734. The van der Waals surface area contributed by atoms with Crippen molar-refractivity contribution in [3.63, 3.8) is 0 Å². The summed E-state index contributed by atoms with van der Waals surface area (Å²) in [4.78, 5) is 21.6. The fraction of sp³-hybridized carbons (Fsp3) is 0.333. The van der Waals surface area contributed by atoms with E-state index < -0.39 is 5.97 Å². The van der Waals surface area contributed by atoms with Gasteiger partial charge in [-0.3, -0.25) is 4.79 Å². The van der Waals surface area contributed by atoms with Crippen LogP contribution < -0.4 is 10.6 Å². The van der Waals surface area contributed by atoms with Crippen molar-refractivity contribution >= 4 is 29.0 Å². The topological polar surface area (TPSA) is 78.4 Å².